The van der Waals surface area contributed by atoms with Gasteiger partial charge in [0.25, 0.3) is 5.91 Å². The maximum Gasteiger partial charge on any atom is 0.251 e. The third-order valence-corrected chi connectivity index (χ3v) is 7.88. The van der Waals surface area contributed by atoms with Crippen molar-refractivity contribution in [2.24, 2.45) is 5.92 Å². The van der Waals surface area contributed by atoms with Crippen molar-refractivity contribution in [1.29, 1.82) is 0 Å². The molecular formula is C24H32N2O5S. The summed E-state index contributed by atoms with van der Waals surface area (Å²) in [5.74, 6) is 1.54. The van der Waals surface area contributed by atoms with Gasteiger partial charge in [-0.3, -0.25) is 4.79 Å². The van der Waals surface area contributed by atoms with Gasteiger partial charge in [0.15, 0.2) is 11.5 Å². The first-order chi connectivity index (χ1) is 15.3. The van der Waals surface area contributed by atoms with Crippen molar-refractivity contribution in [2.45, 2.75) is 38.0 Å². The molecule has 3 rings (SSSR count). The normalized spacial score (nSPS) is 15.4. The summed E-state index contributed by atoms with van der Waals surface area (Å²) in [6.07, 6.45) is 2.32. The summed E-state index contributed by atoms with van der Waals surface area (Å²) in [5.41, 5.74) is 2.11. The van der Waals surface area contributed by atoms with Gasteiger partial charge >= 0.3 is 0 Å². The first kappa shape index (κ1) is 24.1. The quantitative estimate of drug-likeness (QED) is 0.653. The second kappa shape index (κ2) is 10.4. The Morgan fingerprint density at radius 1 is 1.06 bits per heavy atom. The van der Waals surface area contributed by atoms with E-state index in [2.05, 4.69) is 12.2 Å². The van der Waals surface area contributed by atoms with E-state index in [-0.39, 0.29) is 10.8 Å². The molecule has 0 atom stereocenters. The van der Waals surface area contributed by atoms with E-state index >= 15 is 0 Å². The molecule has 1 aliphatic rings. The van der Waals surface area contributed by atoms with Crippen molar-refractivity contribution >= 4 is 15.9 Å². The van der Waals surface area contributed by atoms with Gasteiger partial charge in [-0.1, -0.05) is 19.1 Å². The van der Waals surface area contributed by atoms with Gasteiger partial charge in [-0.05, 0) is 67.5 Å². The Morgan fingerprint density at radius 2 is 1.75 bits per heavy atom. The number of hydrogen-bond acceptors (Lipinski definition) is 5. The van der Waals surface area contributed by atoms with E-state index in [0.717, 1.165) is 24.0 Å². The Balaban J connectivity index is 1.68. The number of sulfonamides is 1. The van der Waals surface area contributed by atoms with Crippen LogP contribution in [-0.4, -0.2) is 52.5 Å². The van der Waals surface area contributed by atoms with Crippen LogP contribution >= 0.6 is 0 Å². The van der Waals surface area contributed by atoms with Gasteiger partial charge in [-0.15, -0.1) is 0 Å². The lowest BCUT2D eigenvalue weighted by Crippen LogP contribution is -2.38. The van der Waals surface area contributed by atoms with Crippen LogP contribution in [0.2, 0.25) is 0 Å². The first-order valence-electron chi connectivity index (χ1n) is 10.9. The molecule has 2 aromatic carbocycles. The number of hydrogen-bond donors (Lipinski definition) is 1. The third-order valence-electron chi connectivity index (χ3n) is 5.98. The smallest absolute Gasteiger partial charge is 0.251 e. The Labute approximate surface area is 190 Å². The number of amides is 1. The van der Waals surface area contributed by atoms with Gasteiger partial charge in [-0.2, -0.15) is 4.31 Å². The molecule has 0 spiro atoms. The fourth-order valence-electron chi connectivity index (χ4n) is 3.83. The van der Waals surface area contributed by atoms with Gasteiger partial charge < -0.3 is 14.8 Å². The fourth-order valence-corrected chi connectivity index (χ4v) is 5.33. The van der Waals surface area contributed by atoms with Crippen LogP contribution in [0.4, 0.5) is 0 Å². The number of carbonyl (C=O) groups excluding carboxylic acids is 1. The number of methoxy groups -OCH3 is 2. The number of nitrogens with one attached hydrogen (secondary N) is 1. The summed E-state index contributed by atoms with van der Waals surface area (Å²) in [5, 5.41) is 2.90. The van der Waals surface area contributed by atoms with Crippen LogP contribution in [0, 0.1) is 12.8 Å². The zero-order chi connectivity index (χ0) is 23.3. The van der Waals surface area contributed by atoms with E-state index < -0.39 is 10.0 Å². The highest BCUT2D eigenvalue weighted by Crippen LogP contribution is 2.28. The minimum absolute atomic E-state index is 0.169. The van der Waals surface area contributed by atoms with Gasteiger partial charge in [0.2, 0.25) is 10.0 Å². The zero-order valence-corrected chi connectivity index (χ0v) is 20.0. The number of nitrogens with zero attached hydrogens (tertiary/aromatic N) is 1. The molecule has 8 heteroatoms. The molecule has 0 saturated carbocycles. The number of carbonyl (C=O) groups is 1. The average Bonchev–Trinajstić information content (AvgIpc) is 2.79. The lowest BCUT2D eigenvalue weighted by molar-refractivity contribution is 0.0953. The summed E-state index contributed by atoms with van der Waals surface area (Å²) >= 11 is 0. The maximum absolute atomic E-state index is 13.1. The SMILES string of the molecule is COc1ccc(CCNC(=O)c2cc(S(=O)(=O)N3CCC(C)CC3)ccc2C)cc1OC. The Bertz CT molecular complexity index is 1060. The molecule has 32 heavy (non-hydrogen) atoms. The van der Waals surface area contributed by atoms with Crippen molar-refractivity contribution in [2.75, 3.05) is 33.9 Å². The Morgan fingerprint density at radius 3 is 2.41 bits per heavy atom. The largest absolute Gasteiger partial charge is 0.493 e. The molecule has 1 amide bonds. The van der Waals surface area contributed by atoms with Crippen molar-refractivity contribution < 1.29 is 22.7 Å². The zero-order valence-electron chi connectivity index (χ0n) is 19.2. The predicted octanol–water partition coefficient (Wildman–Crippen LogP) is 3.41. The van der Waals surface area contributed by atoms with Crippen LogP contribution in [-0.2, 0) is 16.4 Å². The highest BCUT2D eigenvalue weighted by atomic mass is 32.2. The summed E-state index contributed by atoms with van der Waals surface area (Å²) in [4.78, 5) is 13.0. The molecular weight excluding hydrogens is 428 g/mol. The van der Waals surface area contributed by atoms with E-state index in [1.54, 1.807) is 26.4 Å². The van der Waals surface area contributed by atoms with Crippen molar-refractivity contribution in [3.05, 3.63) is 53.1 Å². The van der Waals surface area contributed by atoms with Crippen LogP contribution in [0.1, 0.15) is 41.3 Å². The molecule has 0 aromatic heterocycles. The monoisotopic (exact) mass is 460 g/mol. The molecule has 1 heterocycles. The van der Waals surface area contributed by atoms with E-state index in [1.807, 2.05) is 25.1 Å². The number of piperidine rings is 1. The average molecular weight is 461 g/mol. The number of aryl methyl sites for hydroxylation is 1. The van der Waals surface area contributed by atoms with Gasteiger partial charge in [0.05, 0.1) is 19.1 Å². The van der Waals surface area contributed by atoms with Crippen LogP contribution in [0.3, 0.4) is 0 Å². The molecule has 0 bridgehead atoms. The molecule has 7 nitrogen and oxygen atoms in total. The van der Waals surface area contributed by atoms with Crippen LogP contribution in [0.25, 0.3) is 0 Å². The molecule has 1 fully saturated rings. The van der Waals surface area contributed by atoms with Crippen LogP contribution in [0.5, 0.6) is 11.5 Å². The van der Waals surface area contributed by atoms with Crippen molar-refractivity contribution in [1.82, 2.24) is 9.62 Å². The summed E-state index contributed by atoms with van der Waals surface area (Å²) < 4.78 is 38.2. The second-order valence-corrected chi connectivity index (χ2v) is 10.2. The standard InChI is InChI=1S/C24H32N2O5S/c1-17-10-13-26(14-11-17)32(28,29)20-7-5-18(2)21(16-20)24(27)25-12-9-19-6-8-22(30-3)23(15-19)31-4/h5-8,15-17H,9-14H2,1-4H3,(H,25,27). The van der Waals surface area contributed by atoms with E-state index in [9.17, 15) is 13.2 Å². The van der Waals surface area contributed by atoms with E-state index in [0.29, 0.717) is 49.0 Å². The van der Waals surface area contributed by atoms with E-state index in [1.165, 1.54) is 10.4 Å². The summed E-state index contributed by atoms with van der Waals surface area (Å²) in [7, 11) is -0.444. The number of rotatable bonds is 8. The summed E-state index contributed by atoms with van der Waals surface area (Å²) in [6, 6.07) is 10.4. The molecule has 0 aliphatic carbocycles. The highest BCUT2D eigenvalue weighted by Gasteiger charge is 2.28. The lowest BCUT2D eigenvalue weighted by atomic mass is 10.0. The molecule has 0 unspecified atom stereocenters. The van der Waals surface area contributed by atoms with Gasteiger partial charge in [0, 0.05) is 25.2 Å². The molecule has 174 valence electrons. The van der Waals surface area contributed by atoms with Crippen molar-refractivity contribution in [3.8, 4) is 11.5 Å². The highest BCUT2D eigenvalue weighted by molar-refractivity contribution is 7.89. The maximum atomic E-state index is 13.1. The van der Waals surface area contributed by atoms with Crippen molar-refractivity contribution in [3.63, 3.8) is 0 Å². The van der Waals surface area contributed by atoms with Gasteiger partial charge in [0.1, 0.15) is 0 Å². The Kier molecular flexibility index (Phi) is 7.79. The number of benzene rings is 2. The molecule has 1 aliphatic heterocycles. The topological polar surface area (TPSA) is 84.9 Å². The molecule has 0 radical (unpaired) electrons. The fraction of sp³-hybridized carbons (Fsp3) is 0.458. The number of ether oxygens (including phenoxy) is 2. The second-order valence-electron chi connectivity index (χ2n) is 8.26. The van der Waals surface area contributed by atoms with E-state index in [4.69, 9.17) is 9.47 Å². The molecule has 1 saturated heterocycles. The van der Waals surface area contributed by atoms with Gasteiger partial charge in [-0.25, -0.2) is 8.42 Å². The first-order valence-corrected chi connectivity index (χ1v) is 12.3. The summed E-state index contributed by atoms with van der Waals surface area (Å²) in [6.45, 7) is 5.39. The minimum atomic E-state index is -3.61. The predicted molar refractivity (Wildman–Crippen MR) is 124 cm³/mol. The molecule has 1 N–H and O–H groups in total. The van der Waals surface area contributed by atoms with Crippen LogP contribution in [0.15, 0.2) is 41.3 Å². The Hall–Kier alpha value is -2.58. The molecule has 2 aromatic rings. The lowest BCUT2D eigenvalue weighted by Gasteiger charge is -2.29. The third kappa shape index (κ3) is 5.42. The minimum Gasteiger partial charge on any atom is -0.493 e. The van der Waals surface area contributed by atoms with Crippen LogP contribution < -0.4 is 14.8 Å².